The predicted molar refractivity (Wildman–Crippen MR) is 120 cm³/mol. The second kappa shape index (κ2) is 9.13. The van der Waals surface area contributed by atoms with Crippen LogP contribution in [0.1, 0.15) is 36.2 Å². The van der Waals surface area contributed by atoms with E-state index in [2.05, 4.69) is 44.9 Å². The molecule has 0 radical (unpaired) electrons. The highest BCUT2D eigenvalue weighted by atomic mass is 16.5. The molecule has 8 heteroatoms. The summed E-state index contributed by atoms with van der Waals surface area (Å²) in [7, 11) is 0. The standard InChI is InChI=1S/C24H24N6O2/c31-23-4-2-14-32-20-11-9-19(10-12-20)30-24-21(28-29-30)16-26-22(27-24)15-18-7-5-17(6-8-18)3-1-13-25-23/h5-12,16H,1-4,13-15H2,(H,25,31). The van der Waals surface area contributed by atoms with E-state index >= 15 is 0 Å². The molecule has 0 unspecified atom stereocenters. The zero-order chi connectivity index (χ0) is 21.8. The van der Waals surface area contributed by atoms with E-state index in [0.717, 1.165) is 35.7 Å². The summed E-state index contributed by atoms with van der Waals surface area (Å²) in [6.07, 6.45) is 5.31. The lowest BCUT2D eigenvalue weighted by atomic mass is 10.1. The van der Waals surface area contributed by atoms with E-state index < -0.39 is 0 Å². The molecule has 8 rings (SSSR count). The molecule has 2 aromatic carbocycles. The van der Waals surface area contributed by atoms with Crippen molar-refractivity contribution in [1.82, 2.24) is 30.3 Å². The van der Waals surface area contributed by atoms with Crippen molar-refractivity contribution >= 4 is 17.1 Å². The zero-order valence-electron chi connectivity index (χ0n) is 17.7. The first-order valence-corrected chi connectivity index (χ1v) is 10.9. The Morgan fingerprint density at radius 3 is 2.59 bits per heavy atom. The zero-order valence-corrected chi connectivity index (χ0v) is 17.7. The predicted octanol–water partition coefficient (Wildman–Crippen LogP) is 3.02. The van der Waals surface area contributed by atoms with E-state index in [-0.39, 0.29) is 5.91 Å². The number of ether oxygens (including phenoxy) is 1. The third-order valence-electron chi connectivity index (χ3n) is 5.49. The molecule has 1 amide bonds. The van der Waals surface area contributed by atoms with Crippen LogP contribution in [0.15, 0.2) is 54.7 Å². The number of carbonyl (C=O) groups excluding carboxylic acids is 1. The highest BCUT2D eigenvalue weighted by Gasteiger charge is 2.11. The lowest BCUT2D eigenvalue weighted by Crippen LogP contribution is -2.24. The molecule has 0 atom stereocenters. The van der Waals surface area contributed by atoms with Crippen LogP contribution in [0.4, 0.5) is 0 Å². The average molecular weight is 428 g/mol. The van der Waals surface area contributed by atoms with Crippen molar-refractivity contribution < 1.29 is 9.53 Å². The van der Waals surface area contributed by atoms with Gasteiger partial charge in [0, 0.05) is 19.4 Å². The summed E-state index contributed by atoms with van der Waals surface area (Å²) in [5.74, 6) is 1.54. The van der Waals surface area contributed by atoms with Crippen molar-refractivity contribution in [1.29, 1.82) is 0 Å². The molecule has 6 bridgehead atoms. The smallest absolute Gasteiger partial charge is 0.220 e. The van der Waals surface area contributed by atoms with Crippen LogP contribution in [0.2, 0.25) is 0 Å². The summed E-state index contributed by atoms with van der Waals surface area (Å²) >= 11 is 0. The molecule has 6 heterocycles. The molecule has 0 saturated carbocycles. The number of rotatable bonds is 0. The van der Waals surface area contributed by atoms with Crippen molar-refractivity contribution in [2.45, 2.75) is 32.1 Å². The summed E-state index contributed by atoms with van der Waals surface area (Å²) in [6, 6.07) is 16.1. The molecule has 2 aromatic heterocycles. The van der Waals surface area contributed by atoms with E-state index in [1.165, 1.54) is 5.56 Å². The summed E-state index contributed by atoms with van der Waals surface area (Å²) in [6.45, 7) is 1.17. The van der Waals surface area contributed by atoms with Gasteiger partial charge in [-0.25, -0.2) is 9.97 Å². The number of aryl methyl sites for hydroxylation is 1. The molecule has 32 heavy (non-hydrogen) atoms. The number of hydrogen-bond acceptors (Lipinski definition) is 6. The number of hydrogen-bond donors (Lipinski definition) is 1. The van der Waals surface area contributed by atoms with Gasteiger partial charge >= 0.3 is 0 Å². The number of amides is 1. The molecule has 4 aliphatic heterocycles. The summed E-state index contributed by atoms with van der Waals surface area (Å²) in [5.41, 5.74) is 4.56. The van der Waals surface area contributed by atoms with Gasteiger partial charge in [0.2, 0.25) is 5.91 Å². The largest absolute Gasteiger partial charge is 0.494 e. The molecule has 0 saturated heterocycles. The van der Waals surface area contributed by atoms with E-state index in [4.69, 9.17) is 9.72 Å². The third-order valence-corrected chi connectivity index (χ3v) is 5.49. The van der Waals surface area contributed by atoms with Crippen molar-refractivity contribution in [3.05, 3.63) is 71.7 Å². The van der Waals surface area contributed by atoms with Gasteiger partial charge in [-0.3, -0.25) is 4.79 Å². The van der Waals surface area contributed by atoms with Crippen LogP contribution in [0.25, 0.3) is 16.9 Å². The SMILES string of the molecule is O=C1CCCOc2ccc(cc2)-n2nnc3cnc(nc32)Cc2ccc(cc2)CCCN1. The highest BCUT2D eigenvalue weighted by molar-refractivity contribution is 5.75. The van der Waals surface area contributed by atoms with Gasteiger partial charge in [-0.2, -0.15) is 4.68 Å². The topological polar surface area (TPSA) is 94.8 Å². The molecule has 0 aliphatic carbocycles. The Hall–Kier alpha value is -3.81. The van der Waals surface area contributed by atoms with E-state index in [9.17, 15) is 4.79 Å². The Kier molecular flexibility index (Phi) is 5.74. The monoisotopic (exact) mass is 428 g/mol. The Balaban J connectivity index is 1.44. The van der Waals surface area contributed by atoms with Crippen LogP contribution in [-0.4, -0.2) is 44.0 Å². The fraction of sp³-hybridized carbons (Fsp3) is 0.292. The maximum absolute atomic E-state index is 12.0. The number of benzene rings is 2. The van der Waals surface area contributed by atoms with Crippen molar-refractivity contribution in [2.24, 2.45) is 0 Å². The van der Waals surface area contributed by atoms with Crippen LogP contribution >= 0.6 is 0 Å². The van der Waals surface area contributed by atoms with E-state index in [1.807, 2.05) is 24.3 Å². The number of nitrogens with one attached hydrogen (secondary N) is 1. The average Bonchev–Trinajstić information content (AvgIpc) is 3.24. The van der Waals surface area contributed by atoms with Crippen LogP contribution in [-0.2, 0) is 17.6 Å². The second-order valence-corrected chi connectivity index (χ2v) is 7.89. The van der Waals surface area contributed by atoms with Gasteiger partial charge < -0.3 is 10.1 Å². The lowest BCUT2D eigenvalue weighted by Gasteiger charge is -2.09. The Bertz CT molecular complexity index is 1220. The highest BCUT2D eigenvalue weighted by Crippen LogP contribution is 2.19. The Morgan fingerprint density at radius 1 is 0.938 bits per heavy atom. The van der Waals surface area contributed by atoms with Crippen LogP contribution in [0.3, 0.4) is 0 Å². The summed E-state index contributed by atoms with van der Waals surface area (Å²) in [5, 5.41) is 11.4. The molecule has 8 nitrogen and oxygen atoms in total. The molecule has 0 fully saturated rings. The fourth-order valence-electron chi connectivity index (χ4n) is 3.74. The molecule has 4 aliphatic rings. The van der Waals surface area contributed by atoms with Gasteiger partial charge in [0.1, 0.15) is 11.6 Å². The van der Waals surface area contributed by atoms with Gasteiger partial charge in [0.25, 0.3) is 0 Å². The van der Waals surface area contributed by atoms with Gasteiger partial charge in [-0.1, -0.05) is 29.5 Å². The van der Waals surface area contributed by atoms with Crippen molar-refractivity contribution in [3.63, 3.8) is 0 Å². The van der Waals surface area contributed by atoms with Gasteiger partial charge in [0.15, 0.2) is 11.2 Å². The molecular formula is C24H24N6O2. The number of nitrogens with zero attached hydrogens (tertiary/aromatic N) is 5. The number of aromatic nitrogens is 5. The quantitative estimate of drug-likeness (QED) is 0.463. The maximum Gasteiger partial charge on any atom is 0.220 e. The van der Waals surface area contributed by atoms with E-state index in [0.29, 0.717) is 43.6 Å². The van der Waals surface area contributed by atoms with E-state index in [1.54, 1.807) is 10.9 Å². The lowest BCUT2D eigenvalue weighted by molar-refractivity contribution is -0.121. The molecule has 0 spiro atoms. The number of carbonyl (C=O) groups is 1. The van der Waals surface area contributed by atoms with Gasteiger partial charge in [-0.15, -0.1) is 5.10 Å². The molecular weight excluding hydrogens is 404 g/mol. The van der Waals surface area contributed by atoms with Crippen molar-refractivity contribution in [3.8, 4) is 11.4 Å². The molecule has 162 valence electrons. The Labute approximate surface area is 185 Å². The maximum atomic E-state index is 12.0. The van der Waals surface area contributed by atoms with Gasteiger partial charge in [0.05, 0.1) is 18.5 Å². The summed E-state index contributed by atoms with van der Waals surface area (Å²) < 4.78 is 7.49. The minimum Gasteiger partial charge on any atom is -0.494 e. The minimum atomic E-state index is 0.0674. The normalized spacial score (nSPS) is 15.2. The summed E-state index contributed by atoms with van der Waals surface area (Å²) in [4.78, 5) is 21.2. The minimum absolute atomic E-state index is 0.0674. The van der Waals surface area contributed by atoms with Crippen LogP contribution < -0.4 is 10.1 Å². The Morgan fingerprint density at radius 2 is 1.75 bits per heavy atom. The third kappa shape index (κ3) is 4.59. The first-order chi connectivity index (χ1) is 15.7. The first kappa shape index (κ1) is 20.1. The van der Waals surface area contributed by atoms with Crippen molar-refractivity contribution in [2.75, 3.05) is 13.2 Å². The molecule has 1 N–H and O–H groups in total. The fourth-order valence-corrected chi connectivity index (χ4v) is 3.74. The van der Waals surface area contributed by atoms with Crippen LogP contribution in [0, 0.1) is 0 Å². The first-order valence-electron chi connectivity index (χ1n) is 10.9. The molecule has 4 aromatic rings. The second-order valence-electron chi connectivity index (χ2n) is 7.89. The van der Waals surface area contributed by atoms with Crippen LogP contribution in [0.5, 0.6) is 5.75 Å². The van der Waals surface area contributed by atoms with Gasteiger partial charge in [-0.05, 0) is 54.7 Å².